The Morgan fingerprint density at radius 3 is 2.48 bits per heavy atom. The summed E-state index contributed by atoms with van der Waals surface area (Å²) < 4.78 is 24.9. The van der Waals surface area contributed by atoms with E-state index in [1.54, 1.807) is 37.3 Å². The zero-order chi connectivity index (χ0) is 23.4. The summed E-state index contributed by atoms with van der Waals surface area (Å²) in [7, 11) is 3.15. The van der Waals surface area contributed by atoms with Gasteiger partial charge < -0.3 is 14.4 Å². The second-order valence-electron chi connectivity index (χ2n) is 8.28. The molecular weight excluding hydrogens is 425 g/mol. The fourth-order valence-corrected chi connectivity index (χ4v) is 3.98. The Balaban J connectivity index is 1.61. The van der Waals surface area contributed by atoms with Crippen molar-refractivity contribution < 1.29 is 23.5 Å². The van der Waals surface area contributed by atoms with Crippen molar-refractivity contribution in [3.05, 3.63) is 65.5 Å². The van der Waals surface area contributed by atoms with Crippen molar-refractivity contribution in [1.82, 2.24) is 9.91 Å². The van der Waals surface area contributed by atoms with E-state index in [0.717, 1.165) is 18.4 Å². The summed E-state index contributed by atoms with van der Waals surface area (Å²) in [4.78, 5) is 27.7. The average Bonchev–Trinajstić information content (AvgIpc) is 3.60. The molecule has 2 aromatic rings. The standard InChI is InChI=1S/C25H28FN3O4/c1-32-14-13-28(25(31)18-7-8-18)16-24(30)29-23(17-9-11-19(33-2)12-10-17)15-22(27-29)20-5-3-4-6-21(20)26/h3-6,9-12,18,23H,7-8,13-16H2,1-2H3/t23-/m0/s1. The fraction of sp³-hybridized carbons (Fsp3) is 0.400. The molecule has 1 aliphatic carbocycles. The number of nitrogens with zero attached hydrogens (tertiary/aromatic N) is 3. The van der Waals surface area contributed by atoms with Crippen LogP contribution in [-0.4, -0.2) is 61.4 Å². The van der Waals surface area contributed by atoms with Crippen LogP contribution < -0.4 is 4.74 Å². The summed E-state index contributed by atoms with van der Waals surface area (Å²) in [5, 5.41) is 5.93. The second kappa shape index (κ2) is 10.1. The van der Waals surface area contributed by atoms with E-state index < -0.39 is 6.04 Å². The van der Waals surface area contributed by atoms with Gasteiger partial charge in [-0.15, -0.1) is 0 Å². The van der Waals surface area contributed by atoms with Gasteiger partial charge in [0.1, 0.15) is 18.1 Å². The van der Waals surface area contributed by atoms with Gasteiger partial charge in [0.2, 0.25) is 5.91 Å². The third kappa shape index (κ3) is 5.22. The molecular formula is C25H28FN3O4. The molecule has 0 spiro atoms. The van der Waals surface area contributed by atoms with Crippen LogP contribution in [0.25, 0.3) is 0 Å². The zero-order valence-corrected chi connectivity index (χ0v) is 18.9. The molecule has 33 heavy (non-hydrogen) atoms. The van der Waals surface area contributed by atoms with E-state index in [1.807, 2.05) is 24.3 Å². The molecule has 1 fully saturated rings. The van der Waals surface area contributed by atoms with Crippen LogP contribution in [0.2, 0.25) is 0 Å². The summed E-state index contributed by atoms with van der Waals surface area (Å²) in [5.41, 5.74) is 1.73. The van der Waals surface area contributed by atoms with E-state index >= 15 is 0 Å². The predicted molar refractivity (Wildman–Crippen MR) is 121 cm³/mol. The maximum Gasteiger partial charge on any atom is 0.262 e. The van der Waals surface area contributed by atoms with Gasteiger partial charge >= 0.3 is 0 Å². The minimum atomic E-state index is -0.404. The topological polar surface area (TPSA) is 71.4 Å². The predicted octanol–water partition coefficient (Wildman–Crippen LogP) is 3.40. The van der Waals surface area contributed by atoms with Gasteiger partial charge in [0.05, 0.1) is 25.5 Å². The van der Waals surface area contributed by atoms with Gasteiger partial charge in [-0.3, -0.25) is 9.59 Å². The first-order chi connectivity index (χ1) is 16.0. The molecule has 0 bridgehead atoms. The summed E-state index contributed by atoms with van der Waals surface area (Å²) in [5.74, 6) is -0.0374. The number of amides is 2. The van der Waals surface area contributed by atoms with Crippen LogP contribution >= 0.6 is 0 Å². The number of carbonyl (C=O) groups is 2. The minimum absolute atomic E-state index is 0.0110. The van der Waals surface area contributed by atoms with Crippen LogP contribution in [0.15, 0.2) is 53.6 Å². The summed E-state index contributed by atoms with van der Waals surface area (Å²) in [6.45, 7) is 0.583. The number of halogens is 1. The van der Waals surface area contributed by atoms with Gasteiger partial charge in [0.15, 0.2) is 0 Å². The molecule has 0 aromatic heterocycles. The van der Waals surface area contributed by atoms with Crippen LogP contribution in [0.3, 0.4) is 0 Å². The number of hydrogen-bond acceptors (Lipinski definition) is 5. The lowest BCUT2D eigenvalue weighted by molar-refractivity contribution is -0.142. The summed E-state index contributed by atoms with van der Waals surface area (Å²) >= 11 is 0. The largest absolute Gasteiger partial charge is 0.497 e. The lowest BCUT2D eigenvalue weighted by Gasteiger charge is -2.27. The van der Waals surface area contributed by atoms with Crippen molar-refractivity contribution in [2.24, 2.45) is 11.0 Å². The molecule has 0 N–H and O–H groups in total. The first kappa shape index (κ1) is 22.9. The Kier molecular flexibility index (Phi) is 7.03. The molecule has 0 saturated heterocycles. The molecule has 1 atom stereocenters. The van der Waals surface area contributed by atoms with Gasteiger partial charge in [0, 0.05) is 31.6 Å². The number of methoxy groups -OCH3 is 2. The lowest BCUT2D eigenvalue weighted by atomic mass is 9.98. The maximum absolute atomic E-state index is 14.5. The number of hydrazone groups is 1. The average molecular weight is 454 g/mol. The quantitative estimate of drug-likeness (QED) is 0.584. The van der Waals surface area contributed by atoms with E-state index in [1.165, 1.54) is 11.1 Å². The normalized spacial score (nSPS) is 17.6. The Labute approximate surface area is 192 Å². The second-order valence-corrected chi connectivity index (χ2v) is 8.28. The van der Waals surface area contributed by atoms with Crippen molar-refractivity contribution in [2.45, 2.75) is 25.3 Å². The van der Waals surface area contributed by atoms with E-state index in [0.29, 0.717) is 36.6 Å². The van der Waals surface area contributed by atoms with Gasteiger partial charge in [-0.05, 0) is 36.6 Å². The lowest BCUT2D eigenvalue weighted by Crippen LogP contribution is -2.43. The highest BCUT2D eigenvalue weighted by Crippen LogP contribution is 2.35. The van der Waals surface area contributed by atoms with Gasteiger partial charge in [-0.2, -0.15) is 5.10 Å². The maximum atomic E-state index is 14.5. The molecule has 174 valence electrons. The van der Waals surface area contributed by atoms with Crippen LogP contribution in [0.5, 0.6) is 5.75 Å². The fourth-order valence-electron chi connectivity index (χ4n) is 3.98. The number of carbonyl (C=O) groups excluding carboxylic acids is 2. The van der Waals surface area contributed by atoms with Gasteiger partial charge in [-0.25, -0.2) is 9.40 Å². The molecule has 0 radical (unpaired) electrons. The molecule has 1 aliphatic heterocycles. The molecule has 2 amide bonds. The van der Waals surface area contributed by atoms with Gasteiger partial charge in [-0.1, -0.05) is 30.3 Å². The van der Waals surface area contributed by atoms with Crippen LogP contribution in [0.1, 0.15) is 36.4 Å². The highest BCUT2D eigenvalue weighted by molar-refractivity contribution is 6.03. The molecule has 1 saturated carbocycles. The Morgan fingerprint density at radius 1 is 1.12 bits per heavy atom. The molecule has 1 heterocycles. The van der Waals surface area contributed by atoms with E-state index in [2.05, 4.69) is 5.10 Å². The number of benzene rings is 2. The Hall–Kier alpha value is -3.26. The molecule has 2 aromatic carbocycles. The molecule has 8 heteroatoms. The third-order valence-electron chi connectivity index (χ3n) is 5.98. The molecule has 0 unspecified atom stereocenters. The van der Waals surface area contributed by atoms with Crippen LogP contribution in [-0.2, 0) is 14.3 Å². The molecule has 4 rings (SSSR count). The monoisotopic (exact) mass is 453 g/mol. The van der Waals surface area contributed by atoms with Crippen molar-refractivity contribution in [3.8, 4) is 5.75 Å². The highest BCUT2D eigenvalue weighted by Gasteiger charge is 2.38. The molecule has 7 nitrogen and oxygen atoms in total. The van der Waals surface area contributed by atoms with Crippen LogP contribution in [0.4, 0.5) is 4.39 Å². The zero-order valence-electron chi connectivity index (χ0n) is 18.9. The number of ether oxygens (including phenoxy) is 2. The minimum Gasteiger partial charge on any atom is -0.497 e. The molecule has 2 aliphatic rings. The SMILES string of the molecule is COCCN(CC(=O)N1N=C(c2ccccc2F)C[C@H]1c1ccc(OC)cc1)C(=O)C1CC1. The van der Waals surface area contributed by atoms with Crippen LogP contribution in [0, 0.1) is 11.7 Å². The summed E-state index contributed by atoms with van der Waals surface area (Å²) in [6, 6.07) is 13.4. The van der Waals surface area contributed by atoms with E-state index in [9.17, 15) is 14.0 Å². The Morgan fingerprint density at radius 2 is 1.85 bits per heavy atom. The number of rotatable bonds is 9. The first-order valence-corrected chi connectivity index (χ1v) is 11.1. The van der Waals surface area contributed by atoms with Gasteiger partial charge in [0.25, 0.3) is 5.91 Å². The summed E-state index contributed by atoms with van der Waals surface area (Å²) in [6.07, 6.45) is 2.07. The van der Waals surface area contributed by atoms with Crippen molar-refractivity contribution in [3.63, 3.8) is 0 Å². The van der Waals surface area contributed by atoms with E-state index in [4.69, 9.17) is 9.47 Å². The van der Waals surface area contributed by atoms with E-state index in [-0.39, 0.29) is 30.1 Å². The van der Waals surface area contributed by atoms with Crippen molar-refractivity contribution in [2.75, 3.05) is 33.9 Å². The Bertz CT molecular complexity index is 1040. The smallest absolute Gasteiger partial charge is 0.262 e. The van der Waals surface area contributed by atoms with Crippen molar-refractivity contribution >= 4 is 17.5 Å². The first-order valence-electron chi connectivity index (χ1n) is 11.1. The highest BCUT2D eigenvalue weighted by atomic mass is 19.1. The number of hydrogen-bond donors (Lipinski definition) is 0. The third-order valence-corrected chi connectivity index (χ3v) is 5.98. The van der Waals surface area contributed by atoms with Crippen molar-refractivity contribution in [1.29, 1.82) is 0 Å².